The van der Waals surface area contributed by atoms with Gasteiger partial charge >= 0.3 is 6.16 Å². The summed E-state index contributed by atoms with van der Waals surface area (Å²) in [5, 5.41) is 8.82. The number of carbonyl (C=O) groups excluding carboxylic acids is 1. The van der Waals surface area contributed by atoms with Gasteiger partial charge in [-0.25, -0.2) is 4.79 Å². The van der Waals surface area contributed by atoms with Gasteiger partial charge in [0.2, 0.25) is 0 Å². The van der Waals surface area contributed by atoms with Crippen molar-refractivity contribution >= 4 is 6.16 Å². The molecule has 1 rings (SSSR count). The third-order valence-electron chi connectivity index (χ3n) is 1.84. The summed E-state index contributed by atoms with van der Waals surface area (Å²) in [4.78, 5) is 10.9. The Bertz CT molecular complexity index is 170. The van der Waals surface area contributed by atoms with E-state index in [2.05, 4.69) is 4.74 Å². The molecule has 0 bridgehead atoms. The van der Waals surface area contributed by atoms with Crippen LogP contribution >= 0.6 is 0 Å². The summed E-state index contributed by atoms with van der Waals surface area (Å²) >= 11 is 0. The van der Waals surface area contributed by atoms with Crippen LogP contribution in [0.4, 0.5) is 4.79 Å². The molecule has 1 N–H and O–H groups in total. The van der Waals surface area contributed by atoms with Gasteiger partial charge in [-0.05, 0) is 6.92 Å². The van der Waals surface area contributed by atoms with Gasteiger partial charge in [-0.1, -0.05) is 0 Å². The summed E-state index contributed by atoms with van der Waals surface area (Å²) in [5.41, 5.74) is 0. The van der Waals surface area contributed by atoms with Crippen molar-refractivity contribution in [2.45, 2.75) is 25.6 Å². The molecule has 1 aliphatic rings. The highest BCUT2D eigenvalue weighted by Crippen LogP contribution is 2.17. The van der Waals surface area contributed by atoms with Crippen LogP contribution in [-0.4, -0.2) is 43.3 Å². The summed E-state index contributed by atoms with van der Waals surface area (Å²) in [6, 6.07) is 0. The van der Waals surface area contributed by atoms with E-state index in [1.807, 2.05) is 0 Å². The van der Waals surface area contributed by atoms with Crippen molar-refractivity contribution in [1.82, 2.24) is 0 Å². The largest absolute Gasteiger partial charge is 0.508 e. The molecule has 5 nitrogen and oxygen atoms in total. The molecule has 1 fully saturated rings. The minimum absolute atomic E-state index is 0.135. The van der Waals surface area contributed by atoms with Crippen LogP contribution < -0.4 is 0 Å². The van der Waals surface area contributed by atoms with Gasteiger partial charge in [0, 0.05) is 6.42 Å². The Labute approximate surface area is 76.6 Å². The average molecular weight is 190 g/mol. The van der Waals surface area contributed by atoms with Crippen LogP contribution in [0.1, 0.15) is 13.3 Å². The Hall–Kier alpha value is -0.810. The third kappa shape index (κ3) is 2.86. The van der Waals surface area contributed by atoms with Crippen LogP contribution in [0.25, 0.3) is 0 Å². The molecule has 0 radical (unpaired) electrons. The molecule has 13 heavy (non-hydrogen) atoms. The minimum atomic E-state index is -0.698. The molecule has 0 aliphatic carbocycles. The molecule has 2 unspecified atom stereocenters. The molecule has 2 atom stereocenters. The van der Waals surface area contributed by atoms with Gasteiger partial charge in [0.15, 0.2) is 0 Å². The first-order valence-corrected chi connectivity index (χ1v) is 4.33. The topological polar surface area (TPSA) is 65.0 Å². The highest BCUT2D eigenvalue weighted by molar-refractivity contribution is 5.60. The Balaban J connectivity index is 2.30. The first-order valence-electron chi connectivity index (χ1n) is 4.33. The fraction of sp³-hybridized carbons (Fsp3) is 0.875. The summed E-state index contributed by atoms with van der Waals surface area (Å²) < 4.78 is 14.6. The van der Waals surface area contributed by atoms with E-state index in [1.165, 1.54) is 0 Å². The van der Waals surface area contributed by atoms with Crippen molar-refractivity contribution < 1.29 is 24.1 Å². The van der Waals surface area contributed by atoms with E-state index in [-0.39, 0.29) is 19.3 Å². The fourth-order valence-corrected chi connectivity index (χ4v) is 1.21. The first-order chi connectivity index (χ1) is 6.27. The van der Waals surface area contributed by atoms with Gasteiger partial charge in [-0.15, -0.1) is 0 Å². The Morgan fingerprint density at radius 3 is 3.08 bits per heavy atom. The van der Waals surface area contributed by atoms with E-state index in [0.717, 1.165) is 0 Å². The zero-order chi connectivity index (χ0) is 9.68. The summed E-state index contributed by atoms with van der Waals surface area (Å²) in [5.74, 6) is 0. The lowest BCUT2D eigenvalue weighted by atomic mass is 10.2. The molecule has 0 spiro atoms. The van der Waals surface area contributed by atoms with Crippen LogP contribution in [0.15, 0.2) is 0 Å². The van der Waals surface area contributed by atoms with Gasteiger partial charge < -0.3 is 19.3 Å². The van der Waals surface area contributed by atoms with Crippen LogP contribution in [-0.2, 0) is 14.2 Å². The third-order valence-corrected chi connectivity index (χ3v) is 1.84. The Kier molecular flexibility index (Phi) is 3.98. The zero-order valence-electron chi connectivity index (χ0n) is 7.56. The van der Waals surface area contributed by atoms with Crippen molar-refractivity contribution in [3.63, 3.8) is 0 Å². The molecule has 0 aromatic heterocycles. The molecule has 0 aromatic carbocycles. The molecule has 5 heteroatoms. The van der Waals surface area contributed by atoms with E-state index in [0.29, 0.717) is 13.0 Å². The summed E-state index contributed by atoms with van der Waals surface area (Å²) in [7, 11) is 0. The number of aliphatic hydroxyl groups excluding tert-OH is 1. The number of hydrogen-bond acceptors (Lipinski definition) is 5. The van der Waals surface area contributed by atoms with E-state index >= 15 is 0 Å². The monoisotopic (exact) mass is 190 g/mol. The SMILES string of the molecule is CCOC(=O)OC1CCOC1CO. The van der Waals surface area contributed by atoms with E-state index in [4.69, 9.17) is 14.6 Å². The number of aliphatic hydroxyl groups is 1. The molecule has 0 aromatic rings. The lowest BCUT2D eigenvalue weighted by molar-refractivity contribution is -0.0282. The van der Waals surface area contributed by atoms with Crippen LogP contribution in [0.2, 0.25) is 0 Å². The standard InChI is InChI=1S/C8H14O5/c1-2-11-8(10)13-6-3-4-12-7(6)5-9/h6-7,9H,2-5H2,1H3. The van der Waals surface area contributed by atoms with E-state index in [1.54, 1.807) is 6.92 Å². The molecule has 1 heterocycles. The second kappa shape index (κ2) is 5.04. The Morgan fingerprint density at radius 2 is 2.46 bits per heavy atom. The molecular formula is C8H14O5. The van der Waals surface area contributed by atoms with Crippen LogP contribution in [0.3, 0.4) is 0 Å². The number of carbonyl (C=O) groups is 1. The second-order valence-corrected chi connectivity index (χ2v) is 2.72. The fourth-order valence-electron chi connectivity index (χ4n) is 1.21. The van der Waals surface area contributed by atoms with Gasteiger partial charge in [0.05, 0.1) is 19.8 Å². The number of rotatable bonds is 3. The highest BCUT2D eigenvalue weighted by atomic mass is 16.7. The predicted octanol–water partition coefficient (Wildman–Crippen LogP) is 0.309. The van der Waals surface area contributed by atoms with Crippen molar-refractivity contribution in [3.8, 4) is 0 Å². The predicted molar refractivity (Wildman–Crippen MR) is 43.3 cm³/mol. The normalized spacial score (nSPS) is 27.2. The van der Waals surface area contributed by atoms with Crippen molar-refractivity contribution in [1.29, 1.82) is 0 Å². The summed E-state index contributed by atoms with van der Waals surface area (Å²) in [6.07, 6.45) is -0.853. The van der Waals surface area contributed by atoms with Gasteiger partial charge in [0.1, 0.15) is 12.2 Å². The number of ether oxygens (including phenoxy) is 3. The Morgan fingerprint density at radius 1 is 1.69 bits per heavy atom. The smallest absolute Gasteiger partial charge is 0.435 e. The van der Waals surface area contributed by atoms with Crippen LogP contribution in [0.5, 0.6) is 0 Å². The van der Waals surface area contributed by atoms with E-state index < -0.39 is 12.3 Å². The van der Waals surface area contributed by atoms with Gasteiger partial charge in [-0.3, -0.25) is 0 Å². The molecule has 76 valence electrons. The molecule has 0 amide bonds. The van der Waals surface area contributed by atoms with Crippen molar-refractivity contribution in [3.05, 3.63) is 0 Å². The zero-order valence-corrected chi connectivity index (χ0v) is 7.56. The first kappa shape index (κ1) is 10.3. The molecular weight excluding hydrogens is 176 g/mol. The maximum atomic E-state index is 10.9. The summed E-state index contributed by atoms with van der Waals surface area (Å²) in [6.45, 7) is 2.37. The maximum Gasteiger partial charge on any atom is 0.508 e. The van der Waals surface area contributed by atoms with Crippen molar-refractivity contribution in [2.24, 2.45) is 0 Å². The maximum absolute atomic E-state index is 10.9. The van der Waals surface area contributed by atoms with Crippen LogP contribution in [0, 0.1) is 0 Å². The van der Waals surface area contributed by atoms with Gasteiger partial charge in [-0.2, -0.15) is 0 Å². The van der Waals surface area contributed by atoms with Gasteiger partial charge in [0.25, 0.3) is 0 Å². The lowest BCUT2D eigenvalue weighted by Crippen LogP contribution is -2.30. The van der Waals surface area contributed by atoms with E-state index in [9.17, 15) is 4.79 Å². The second-order valence-electron chi connectivity index (χ2n) is 2.72. The quantitative estimate of drug-likeness (QED) is 0.649. The molecule has 1 aliphatic heterocycles. The number of hydrogen-bond donors (Lipinski definition) is 1. The lowest BCUT2D eigenvalue weighted by Gasteiger charge is -2.15. The van der Waals surface area contributed by atoms with Crippen molar-refractivity contribution in [2.75, 3.05) is 19.8 Å². The molecule has 0 saturated carbocycles. The highest BCUT2D eigenvalue weighted by Gasteiger charge is 2.31. The minimum Gasteiger partial charge on any atom is -0.435 e. The molecule has 1 saturated heterocycles. The average Bonchev–Trinajstić information content (AvgIpc) is 2.52.